The molecular weight excluding hydrogens is 284 g/mol. The maximum atomic E-state index is 12.4. The third-order valence-corrected chi connectivity index (χ3v) is 3.28. The van der Waals surface area contributed by atoms with Gasteiger partial charge in [-0.2, -0.15) is 0 Å². The Balaban J connectivity index is 2.23. The van der Waals surface area contributed by atoms with Crippen LogP contribution >= 0.6 is 0 Å². The number of Topliss-reactive ketones (excluding diaryl/α,β-unsaturated/α-hetero) is 1. The van der Waals surface area contributed by atoms with E-state index in [1.807, 2.05) is 0 Å². The first-order valence-corrected chi connectivity index (χ1v) is 6.81. The topological polar surface area (TPSA) is 76.0 Å². The molecule has 0 amide bonds. The van der Waals surface area contributed by atoms with Gasteiger partial charge in [0.05, 0.1) is 13.7 Å². The molecule has 0 aromatic heterocycles. The molecule has 2 aromatic rings. The van der Waals surface area contributed by atoms with E-state index in [0.717, 1.165) is 0 Å². The Kier molecular flexibility index (Phi) is 5.01. The van der Waals surface area contributed by atoms with Gasteiger partial charge in [-0.3, -0.25) is 4.79 Å². The van der Waals surface area contributed by atoms with Crippen molar-refractivity contribution in [2.24, 2.45) is 0 Å². The number of hydrogen-bond acceptors (Lipinski definition) is 5. The van der Waals surface area contributed by atoms with E-state index in [9.17, 15) is 15.0 Å². The summed E-state index contributed by atoms with van der Waals surface area (Å²) in [5.74, 6) is 0.614. The van der Waals surface area contributed by atoms with E-state index in [0.29, 0.717) is 22.6 Å². The van der Waals surface area contributed by atoms with Gasteiger partial charge in [-0.25, -0.2) is 0 Å². The molecule has 0 bridgehead atoms. The lowest BCUT2D eigenvalue weighted by Gasteiger charge is -2.18. The summed E-state index contributed by atoms with van der Waals surface area (Å²) in [5.41, 5.74) is 0.948. The maximum absolute atomic E-state index is 12.4. The molecule has 1 unspecified atom stereocenters. The van der Waals surface area contributed by atoms with Gasteiger partial charge in [-0.05, 0) is 42.8 Å². The van der Waals surface area contributed by atoms with E-state index in [4.69, 9.17) is 9.47 Å². The normalized spacial score (nSPS) is 11.8. The molecule has 2 N–H and O–H groups in total. The molecule has 0 fully saturated rings. The predicted octanol–water partition coefficient (Wildman–Crippen LogP) is 2.33. The molecule has 0 heterocycles. The van der Waals surface area contributed by atoms with Crippen molar-refractivity contribution >= 4 is 5.78 Å². The average molecular weight is 302 g/mol. The van der Waals surface area contributed by atoms with Crippen molar-refractivity contribution in [2.75, 3.05) is 13.7 Å². The number of aryl methyl sites for hydroxylation is 1. The highest BCUT2D eigenvalue weighted by Crippen LogP contribution is 2.27. The highest BCUT2D eigenvalue weighted by atomic mass is 16.5. The molecule has 0 radical (unpaired) electrons. The second-order valence-electron chi connectivity index (χ2n) is 4.81. The summed E-state index contributed by atoms with van der Waals surface area (Å²) < 4.78 is 10.7. The third kappa shape index (κ3) is 3.38. The minimum absolute atomic E-state index is 0.114. The summed E-state index contributed by atoms with van der Waals surface area (Å²) >= 11 is 0. The minimum Gasteiger partial charge on any atom is -0.508 e. The number of ether oxygens (including phenoxy) is 2. The zero-order valence-corrected chi connectivity index (χ0v) is 12.4. The molecule has 0 saturated carbocycles. The fraction of sp³-hybridized carbons (Fsp3) is 0.235. The van der Waals surface area contributed by atoms with Gasteiger partial charge < -0.3 is 19.7 Å². The predicted molar refractivity (Wildman–Crippen MR) is 81.7 cm³/mol. The Bertz CT molecular complexity index is 666. The number of para-hydroxylation sites is 2. The molecule has 2 aromatic carbocycles. The summed E-state index contributed by atoms with van der Waals surface area (Å²) in [7, 11) is 1.50. The number of ketones is 1. The fourth-order valence-electron chi connectivity index (χ4n) is 2.04. The number of carbonyl (C=O) groups excluding carboxylic acids is 1. The van der Waals surface area contributed by atoms with Crippen molar-refractivity contribution < 1.29 is 24.5 Å². The van der Waals surface area contributed by atoms with Crippen LogP contribution < -0.4 is 9.47 Å². The summed E-state index contributed by atoms with van der Waals surface area (Å²) in [5, 5.41) is 19.0. The van der Waals surface area contributed by atoms with Crippen LogP contribution in [-0.4, -0.2) is 35.8 Å². The van der Waals surface area contributed by atoms with Crippen molar-refractivity contribution in [3.8, 4) is 17.2 Å². The molecule has 1 atom stereocenters. The van der Waals surface area contributed by atoms with Crippen LogP contribution in [0.5, 0.6) is 17.2 Å². The lowest BCUT2D eigenvalue weighted by Crippen LogP contribution is -2.31. The van der Waals surface area contributed by atoms with Crippen molar-refractivity contribution in [1.82, 2.24) is 0 Å². The van der Waals surface area contributed by atoms with Crippen LogP contribution in [0.15, 0.2) is 42.5 Å². The number of benzene rings is 2. The number of methoxy groups -OCH3 is 1. The third-order valence-electron chi connectivity index (χ3n) is 3.28. The Morgan fingerprint density at radius 2 is 1.86 bits per heavy atom. The van der Waals surface area contributed by atoms with Crippen LogP contribution in [0.25, 0.3) is 0 Å². The molecule has 22 heavy (non-hydrogen) atoms. The van der Waals surface area contributed by atoms with Crippen LogP contribution in [0.4, 0.5) is 0 Å². The monoisotopic (exact) mass is 302 g/mol. The number of rotatable bonds is 6. The van der Waals surface area contributed by atoms with Gasteiger partial charge in [-0.1, -0.05) is 12.1 Å². The SMILES string of the molecule is COc1ccccc1OC(CO)C(=O)c1ccc(O)c(C)c1. The second-order valence-corrected chi connectivity index (χ2v) is 4.81. The summed E-state index contributed by atoms with van der Waals surface area (Å²) in [6.45, 7) is 1.23. The number of aromatic hydroxyl groups is 1. The zero-order chi connectivity index (χ0) is 16.1. The van der Waals surface area contributed by atoms with Crippen LogP contribution in [-0.2, 0) is 0 Å². The number of phenolic OH excluding ortho intramolecular Hbond substituents is 1. The maximum Gasteiger partial charge on any atom is 0.205 e. The van der Waals surface area contributed by atoms with Gasteiger partial charge in [0.1, 0.15) is 5.75 Å². The van der Waals surface area contributed by atoms with Crippen molar-refractivity contribution in [1.29, 1.82) is 0 Å². The van der Waals surface area contributed by atoms with Crippen LogP contribution in [0.1, 0.15) is 15.9 Å². The standard InChI is InChI=1S/C17H18O5/c1-11-9-12(7-8-13(11)19)17(20)16(10-18)22-15-6-4-3-5-14(15)21-2/h3-9,16,18-19H,10H2,1-2H3. The van der Waals surface area contributed by atoms with Crippen LogP contribution in [0.2, 0.25) is 0 Å². The fourth-order valence-corrected chi connectivity index (χ4v) is 2.04. The molecule has 0 aliphatic carbocycles. The summed E-state index contributed by atoms with van der Waals surface area (Å²) in [4.78, 5) is 12.4. The van der Waals surface area contributed by atoms with E-state index in [1.54, 1.807) is 37.3 Å². The van der Waals surface area contributed by atoms with Gasteiger partial charge in [0, 0.05) is 5.56 Å². The first-order chi connectivity index (χ1) is 10.6. The number of hydrogen-bond donors (Lipinski definition) is 2. The molecule has 5 heteroatoms. The number of phenols is 1. The van der Waals surface area contributed by atoms with E-state index in [-0.39, 0.29) is 11.5 Å². The minimum atomic E-state index is -1.04. The van der Waals surface area contributed by atoms with E-state index in [2.05, 4.69) is 0 Å². The number of carbonyl (C=O) groups is 1. The molecule has 0 aliphatic rings. The Hall–Kier alpha value is -2.53. The smallest absolute Gasteiger partial charge is 0.205 e. The van der Waals surface area contributed by atoms with E-state index >= 15 is 0 Å². The first-order valence-electron chi connectivity index (χ1n) is 6.81. The van der Waals surface area contributed by atoms with Gasteiger partial charge >= 0.3 is 0 Å². The lowest BCUT2D eigenvalue weighted by atomic mass is 10.0. The zero-order valence-electron chi connectivity index (χ0n) is 12.4. The number of aliphatic hydroxyl groups is 1. The number of aliphatic hydroxyl groups excluding tert-OH is 1. The molecule has 0 aliphatic heterocycles. The van der Waals surface area contributed by atoms with Gasteiger partial charge in [-0.15, -0.1) is 0 Å². The average Bonchev–Trinajstić information content (AvgIpc) is 2.54. The molecule has 0 saturated heterocycles. The Labute approximate surface area is 128 Å². The molecule has 5 nitrogen and oxygen atoms in total. The Morgan fingerprint density at radius 3 is 2.45 bits per heavy atom. The summed E-state index contributed by atoms with van der Waals surface area (Å²) in [6.07, 6.45) is -1.04. The second kappa shape index (κ2) is 6.95. The highest BCUT2D eigenvalue weighted by Gasteiger charge is 2.23. The molecule has 2 rings (SSSR count). The van der Waals surface area contributed by atoms with Crippen molar-refractivity contribution in [2.45, 2.75) is 13.0 Å². The van der Waals surface area contributed by atoms with Gasteiger partial charge in [0.2, 0.25) is 5.78 Å². The largest absolute Gasteiger partial charge is 0.508 e. The first kappa shape index (κ1) is 15.9. The van der Waals surface area contributed by atoms with E-state index in [1.165, 1.54) is 19.2 Å². The molecular formula is C17H18O5. The van der Waals surface area contributed by atoms with Crippen molar-refractivity contribution in [3.63, 3.8) is 0 Å². The van der Waals surface area contributed by atoms with Gasteiger partial charge in [0.25, 0.3) is 0 Å². The van der Waals surface area contributed by atoms with Crippen molar-refractivity contribution in [3.05, 3.63) is 53.6 Å². The van der Waals surface area contributed by atoms with Crippen LogP contribution in [0.3, 0.4) is 0 Å². The molecule has 116 valence electrons. The lowest BCUT2D eigenvalue weighted by molar-refractivity contribution is 0.0652. The highest BCUT2D eigenvalue weighted by molar-refractivity contribution is 6.00. The van der Waals surface area contributed by atoms with Gasteiger partial charge in [0.15, 0.2) is 17.6 Å². The van der Waals surface area contributed by atoms with E-state index < -0.39 is 12.7 Å². The van der Waals surface area contributed by atoms with Crippen LogP contribution in [0, 0.1) is 6.92 Å². The summed E-state index contributed by atoms with van der Waals surface area (Å²) in [6, 6.07) is 11.4. The Morgan fingerprint density at radius 1 is 1.18 bits per heavy atom. The molecule has 0 spiro atoms. The quantitative estimate of drug-likeness (QED) is 0.801.